The lowest BCUT2D eigenvalue weighted by molar-refractivity contribution is 0.127. The van der Waals surface area contributed by atoms with E-state index >= 15 is 0 Å². The number of rotatable bonds is 9. The van der Waals surface area contributed by atoms with E-state index in [-0.39, 0.29) is 18.5 Å². The van der Waals surface area contributed by atoms with Crippen LogP contribution in [0, 0.1) is 0 Å². The second-order valence-electron chi connectivity index (χ2n) is 6.63. The first-order valence-corrected chi connectivity index (χ1v) is 9.56. The number of carbonyl (C=O) groups excluding carboxylic acids is 1. The van der Waals surface area contributed by atoms with E-state index in [0.717, 1.165) is 37.5 Å². The predicted octanol–water partition coefficient (Wildman–Crippen LogP) is 4.74. The zero-order chi connectivity index (χ0) is 17.9. The molecule has 26 heavy (non-hydrogen) atoms. The normalized spacial score (nSPS) is 14.4. The van der Waals surface area contributed by atoms with Crippen LogP contribution in [-0.2, 0) is 4.74 Å². The molecule has 0 spiro atoms. The Balaban J connectivity index is 0.00000338. The van der Waals surface area contributed by atoms with Gasteiger partial charge in [-0.2, -0.15) is 0 Å². The van der Waals surface area contributed by atoms with Crippen molar-refractivity contribution in [2.24, 2.45) is 0 Å². The summed E-state index contributed by atoms with van der Waals surface area (Å²) in [6.07, 6.45) is 6.89. The number of nitrogens with zero attached hydrogens (tertiary/aromatic N) is 2. The minimum absolute atomic E-state index is 0. The summed E-state index contributed by atoms with van der Waals surface area (Å²) < 4.78 is 11.2. The maximum Gasteiger partial charge on any atom is 0.414 e. The van der Waals surface area contributed by atoms with Gasteiger partial charge in [0.05, 0.1) is 12.3 Å². The Morgan fingerprint density at radius 1 is 1.15 bits per heavy atom. The second-order valence-corrected chi connectivity index (χ2v) is 6.63. The summed E-state index contributed by atoms with van der Waals surface area (Å²) in [5.74, 6) is 0.793. The number of ether oxygens (including phenoxy) is 2. The summed E-state index contributed by atoms with van der Waals surface area (Å²) in [5, 5.41) is 0. The molecule has 0 bridgehead atoms. The Hall–Kier alpha value is -1.46. The van der Waals surface area contributed by atoms with Gasteiger partial charge < -0.3 is 9.47 Å². The van der Waals surface area contributed by atoms with Crippen molar-refractivity contribution >= 4 is 24.2 Å². The third kappa shape index (κ3) is 7.83. The topological polar surface area (TPSA) is 42.0 Å². The number of halogens is 1. The fourth-order valence-electron chi connectivity index (χ4n) is 2.97. The van der Waals surface area contributed by atoms with Gasteiger partial charge in [-0.15, -0.1) is 12.4 Å². The van der Waals surface area contributed by atoms with Crippen molar-refractivity contribution < 1.29 is 14.3 Å². The number of carbonyl (C=O) groups is 1. The number of anilines is 1. The molecule has 5 nitrogen and oxygen atoms in total. The average Bonchev–Trinajstić information content (AvgIpc) is 2.65. The fourth-order valence-corrected chi connectivity index (χ4v) is 2.97. The van der Waals surface area contributed by atoms with Crippen molar-refractivity contribution in [3.05, 3.63) is 24.3 Å². The first-order chi connectivity index (χ1) is 12.2. The Morgan fingerprint density at radius 2 is 1.92 bits per heavy atom. The van der Waals surface area contributed by atoms with Crippen molar-refractivity contribution in [1.29, 1.82) is 0 Å². The van der Waals surface area contributed by atoms with Gasteiger partial charge in [-0.25, -0.2) is 4.79 Å². The maximum atomic E-state index is 12.2. The van der Waals surface area contributed by atoms with Crippen molar-refractivity contribution in [2.45, 2.75) is 45.4 Å². The summed E-state index contributed by atoms with van der Waals surface area (Å²) in [6.45, 7) is 6.37. The van der Waals surface area contributed by atoms with Crippen molar-refractivity contribution in [3.63, 3.8) is 0 Å². The number of likely N-dealkylation sites (tertiary alicyclic amines) is 1. The van der Waals surface area contributed by atoms with Crippen LogP contribution in [0.4, 0.5) is 10.5 Å². The highest BCUT2D eigenvalue weighted by atomic mass is 35.5. The monoisotopic (exact) mass is 384 g/mol. The Kier molecular flexibility index (Phi) is 11.1. The van der Waals surface area contributed by atoms with E-state index in [1.807, 2.05) is 24.3 Å². The maximum absolute atomic E-state index is 12.2. The van der Waals surface area contributed by atoms with Crippen LogP contribution in [0.1, 0.15) is 45.4 Å². The average molecular weight is 385 g/mol. The van der Waals surface area contributed by atoms with Crippen LogP contribution in [0.5, 0.6) is 5.75 Å². The lowest BCUT2D eigenvalue weighted by atomic mass is 10.1. The van der Waals surface area contributed by atoms with Crippen LogP contribution in [0.2, 0.25) is 0 Å². The van der Waals surface area contributed by atoms with Crippen molar-refractivity contribution in [1.82, 2.24) is 4.90 Å². The molecule has 1 aromatic rings. The Labute approximate surface area is 164 Å². The molecule has 0 unspecified atom stereocenters. The molecule has 0 radical (unpaired) electrons. The third-order valence-electron chi connectivity index (χ3n) is 4.58. The molecule has 1 fully saturated rings. The standard InChI is InChI=1S/C20H32N2O3.ClH/c1-3-4-8-15-24-19-11-9-10-18(17-19)21(2)20(23)25-16-14-22-12-6-5-7-13-22;/h9-11,17H,3-8,12-16H2,1-2H3;1H. The van der Waals surface area contributed by atoms with Crippen LogP contribution in [0.3, 0.4) is 0 Å². The lowest BCUT2D eigenvalue weighted by Gasteiger charge is -2.26. The van der Waals surface area contributed by atoms with E-state index in [0.29, 0.717) is 13.2 Å². The SMILES string of the molecule is CCCCCOc1cccc(N(C)C(=O)OCCN2CCCCC2)c1.Cl. The van der Waals surface area contributed by atoms with E-state index < -0.39 is 0 Å². The third-order valence-corrected chi connectivity index (χ3v) is 4.58. The first-order valence-electron chi connectivity index (χ1n) is 9.56. The van der Waals surface area contributed by atoms with Gasteiger partial charge in [-0.05, 0) is 44.5 Å². The summed E-state index contributed by atoms with van der Waals surface area (Å²) in [7, 11) is 1.74. The van der Waals surface area contributed by atoms with Gasteiger partial charge in [0.2, 0.25) is 0 Å². The molecule has 0 atom stereocenters. The Bertz CT molecular complexity index is 522. The van der Waals surface area contributed by atoms with Crippen molar-refractivity contribution in [2.75, 3.05) is 44.8 Å². The first kappa shape index (κ1) is 22.6. The summed E-state index contributed by atoms with van der Waals surface area (Å²) in [4.78, 5) is 16.1. The molecule has 1 saturated heterocycles. The molecule has 148 valence electrons. The van der Waals surface area contributed by atoms with Gasteiger partial charge in [-0.3, -0.25) is 9.80 Å². The van der Waals surface area contributed by atoms with E-state index in [2.05, 4.69) is 11.8 Å². The molecule has 1 aliphatic rings. The van der Waals surface area contributed by atoms with Gasteiger partial charge in [0.1, 0.15) is 12.4 Å². The number of benzene rings is 1. The summed E-state index contributed by atoms with van der Waals surface area (Å²) in [5.41, 5.74) is 0.788. The van der Waals surface area contributed by atoms with Gasteiger partial charge in [0.25, 0.3) is 0 Å². The highest BCUT2D eigenvalue weighted by molar-refractivity contribution is 5.87. The van der Waals surface area contributed by atoms with E-state index in [1.165, 1.54) is 37.0 Å². The van der Waals surface area contributed by atoms with Crippen LogP contribution in [0.15, 0.2) is 24.3 Å². The fraction of sp³-hybridized carbons (Fsp3) is 0.650. The molecular weight excluding hydrogens is 352 g/mol. The largest absolute Gasteiger partial charge is 0.494 e. The van der Waals surface area contributed by atoms with Crippen LogP contribution in [-0.4, -0.2) is 50.9 Å². The molecule has 2 rings (SSSR count). The minimum atomic E-state index is -0.319. The summed E-state index contributed by atoms with van der Waals surface area (Å²) in [6, 6.07) is 7.61. The minimum Gasteiger partial charge on any atom is -0.494 e. The van der Waals surface area contributed by atoms with E-state index in [1.54, 1.807) is 7.05 Å². The van der Waals surface area contributed by atoms with E-state index in [4.69, 9.17) is 9.47 Å². The van der Waals surface area contributed by atoms with E-state index in [9.17, 15) is 4.79 Å². The zero-order valence-corrected chi connectivity index (χ0v) is 16.9. The zero-order valence-electron chi connectivity index (χ0n) is 16.1. The molecular formula is C20H33ClN2O3. The predicted molar refractivity (Wildman–Crippen MR) is 109 cm³/mol. The molecule has 1 aliphatic heterocycles. The second kappa shape index (κ2) is 12.8. The molecule has 6 heteroatoms. The Morgan fingerprint density at radius 3 is 2.65 bits per heavy atom. The van der Waals surface area contributed by atoms with Crippen molar-refractivity contribution in [3.8, 4) is 5.75 Å². The number of hydrogen-bond acceptors (Lipinski definition) is 4. The molecule has 1 amide bonds. The quantitative estimate of drug-likeness (QED) is 0.577. The van der Waals surface area contributed by atoms with Gasteiger partial charge in [0.15, 0.2) is 0 Å². The smallest absolute Gasteiger partial charge is 0.414 e. The molecule has 0 aromatic heterocycles. The number of hydrogen-bond donors (Lipinski definition) is 0. The van der Waals surface area contributed by atoms with Crippen LogP contribution < -0.4 is 9.64 Å². The summed E-state index contributed by atoms with van der Waals surface area (Å²) >= 11 is 0. The molecule has 0 N–H and O–H groups in total. The molecule has 0 saturated carbocycles. The van der Waals surface area contributed by atoms with Crippen LogP contribution in [0.25, 0.3) is 0 Å². The molecule has 0 aliphatic carbocycles. The number of piperidine rings is 1. The van der Waals surface area contributed by atoms with Gasteiger partial charge in [0, 0.05) is 19.7 Å². The lowest BCUT2D eigenvalue weighted by Crippen LogP contribution is -2.35. The van der Waals surface area contributed by atoms with Gasteiger partial charge >= 0.3 is 6.09 Å². The molecule has 1 aromatic carbocycles. The molecule has 1 heterocycles. The number of unbranched alkanes of at least 4 members (excludes halogenated alkanes) is 2. The number of amides is 1. The highest BCUT2D eigenvalue weighted by Gasteiger charge is 2.15. The van der Waals surface area contributed by atoms with Gasteiger partial charge in [-0.1, -0.05) is 32.3 Å². The highest BCUT2D eigenvalue weighted by Crippen LogP contribution is 2.21. The van der Waals surface area contributed by atoms with Crippen LogP contribution >= 0.6 is 12.4 Å².